The third kappa shape index (κ3) is 4.65. The highest BCUT2D eigenvalue weighted by molar-refractivity contribution is 14.1. The summed E-state index contributed by atoms with van der Waals surface area (Å²) in [5.74, 6) is -0.374. The third-order valence-electron chi connectivity index (χ3n) is 3.23. The van der Waals surface area contributed by atoms with Crippen LogP contribution in [0.4, 0.5) is 15.8 Å². The topological polar surface area (TPSA) is 32.7 Å². The quantitative estimate of drug-likeness (QED) is 0.450. The van der Waals surface area contributed by atoms with Crippen molar-refractivity contribution in [3.63, 3.8) is 0 Å². The van der Waals surface area contributed by atoms with Gasteiger partial charge in [0.2, 0.25) is 0 Å². The molecule has 0 amide bonds. The molecule has 0 aromatic heterocycles. The van der Waals surface area contributed by atoms with Crippen LogP contribution in [0.3, 0.4) is 0 Å². The summed E-state index contributed by atoms with van der Waals surface area (Å²) in [6.07, 6.45) is 0. The molecule has 0 spiro atoms. The van der Waals surface area contributed by atoms with Crippen molar-refractivity contribution in [2.75, 3.05) is 11.7 Å². The molecule has 0 bridgehead atoms. The van der Waals surface area contributed by atoms with Crippen LogP contribution >= 0.6 is 38.5 Å². The first-order valence-electron chi connectivity index (χ1n) is 7.05. The second-order valence-electron chi connectivity index (χ2n) is 5.83. The Morgan fingerprint density at radius 1 is 1.26 bits per heavy atom. The first-order valence-corrected chi connectivity index (χ1v) is 8.92. The molecule has 0 saturated carbocycles. The fraction of sp³-hybridized carbons (Fsp3) is 0.294. The van der Waals surface area contributed by atoms with Gasteiger partial charge in [-0.05, 0) is 95.2 Å². The highest BCUT2D eigenvalue weighted by atomic mass is 127. The third-order valence-corrected chi connectivity index (χ3v) is 4.55. The molecule has 0 aliphatic heterocycles. The highest BCUT2D eigenvalue weighted by Crippen LogP contribution is 2.34. The summed E-state index contributed by atoms with van der Waals surface area (Å²) in [5.41, 5.74) is 1.54. The molecular weight excluding hydrogens is 476 g/mol. The Kier molecular flexibility index (Phi) is 6.05. The second-order valence-corrected chi connectivity index (χ2v) is 7.93. The minimum absolute atomic E-state index is 0.161. The smallest absolute Gasteiger partial charge is 0.139 e. The van der Waals surface area contributed by atoms with Gasteiger partial charge in [-0.3, -0.25) is 4.84 Å². The van der Waals surface area contributed by atoms with Crippen molar-refractivity contribution in [1.82, 2.24) is 0 Å². The van der Waals surface area contributed by atoms with Gasteiger partial charge in [0, 0.05) is 9.64 Å². The van der Waals surface area contributed by atoms with Crippen LogP contribution in [0.2, 0.25) is 0 Å². The van der Waals surface area contributed by atoms with E-state index in [2.05, 4.69) is 38.5 Å². The fourth-order valence-corrected chi connectivity index (χ4v) is 2.87. The van der Waals surface area contributed by atoms with Gasteiger partial charge in [-0.2, -0.15) is 0 Å². The van der Waals surface area contributed by atoms with Crippen LogP contribution in [-0.4, -0.2) is 17.3 Å². The summed E-state index contributed by atoms with van der Waals surface area (Å²) in [6.45, 7) is 5.36. The number of halogens is 3. The Morgan fingerprint density at radius 3 is 2.52 bits per heavy atom. The monoisotopic (exact) mass is 493 g/mol. The van der Waals surface area contributed by atoms with E-state index >= 15 is 0 Å². The Bertz CT molecular complexity index is 709. The minimum Gasteiger partial charge on any atom is -0.393 e. The maximum absolute atomic E-state index is 14.0. The average Bonchev–Trinajstić information content (AvgIpc) is 2.48. The molecule has 0 heterocycles. The second kappa shape index (κ2) is 7.46. The Morgan fingerprint density at radius 2 is 1.96 bits per heavy atom. The molecule has 124 valence electrons. The molecule has 2 rings (SSSR count). The maximum atomic E-state index is 14.0. The fourth-order valence-electron chi connectivity index (χ4n) is 1.98. The molecule has 23 heavy (non-hydrogen) atoms. The molecule has 2 aromatic carbocycles. The molecule has 0 fully saturated rings. The zero-order valence-electron chi connectivity index (χ0n) is 13.1. The van der Waals surface area contributed by atoms with Crippen molar-refractivity contribution in [2.45, 2.75) is 26.4 Å². The molecular formula is C17H18BrFINO2. The van der Waals surface area contributed by atoms with E-state index in [1.807, 2.05) is 25.1 Å². The number of aliphatic hydroxyl groups excluding tert-OH is 1. The molecule has 6 heteroatoms. The SMILES string of the molecule is Cc1cc(I)ccc1N(OC(C)(C)CO)c1ccc(Br)c(F)c1. The summed E-state index contributed by atoms with van der Waals surface area (Å²) in [5, 5.41) is 11.1. The van der Waals surface area contributed by atoms with Gasteiger partial charge in [0.1, 0.15) is 11.4 Å². The Hall–Kier alpha value is -0.700. The van der Waals surface area contributed by atoms with Crippen molar-refractivity contribution in [3.05, 3.63) is 55.8 Å². The zero-order chi connectivity index (χ0) is 17.2. The van der Waals surface area contributed by atoms with Gasteiger partial charge in [0.05, 0.1) is 22.5 Å². The summed E-state index contributed by atoms with van der Waals surface area (Å²) >= 11 is 5.40. The van der Waals surface area contributed by atoms with Crippen molar-refractivity contribution < 1.29 is 14.3 Å². The summed E-state index contributed by atoms with van der Waals surface area (Å²) in [7, 11) is 0. The van der Waals surface area contributed by atoms with E-state index in [4.69, 9.17) is 4.84 Å². The summed E-state index contributed by atoms with van der Waals surface area (Å²) < 4.78 is 15.4. The van der Waals surface area contributed by atoms with Crippen molar-refractivity contribution >= 4 is 49.9 Å². The van der Waals surface area contributed by atoms with Crippen molar-refractivity contribution in [2.24, 2.45) is 0 Å². The number of aryl methyl sites for hydroxylation is 1. The molecule has 0 aliphatic carbocycles. The Labute approximate surface area is 157 Å². The molecule has 0 radical (unpaired) electrons. The van der Waals surface area contributed by atoms with E-state index in [0.29, 0.717) is 10.2 Å². The highest BCUT2D eigenvalue weighted by Gasteiger charge is 2.25. The normalized spacial score (nSPS) is 11.6. The van der Waals surface area contributed by atoms with Crippen molar-refractivity contribution in [1.29, 1.82) is 0 Å². The number of benzene rings is 2. The van der Waals surface area contributed by atoms with Crippen LogP contribution in [-0.2, 0) is 4.84 Å². The van der Waals surface area contributed by atoms with Crippen LogP contribution in [0, 0.1) is 16.3 Å². The van der Waals surface area contributed by atoms with E-state index in [1.165, 1.54) is 6.07 Å². The van der Waals surface area contributed by atoms with E-state index in [1.54, 1.807) is 31.0 Å². The summed E-state index contributed by atoms with van der Waals surface area (Å²) in [4.78, 5) is 5.97. The van der Waals surface area contributed by atoms with Gasteiger partial charge in [-0.1, -0.05) is 0 Å². The lowest BCUT2D eigenvalue weighted by Crippen LogP contribution is -2.37. The van der Waals surface area contributed by atoms with E-state index < -0.39 is 5.60 Å². The molecule has 0 aliphatic rings. The van der Waals surface area contributed by atoms with Crippen LogP contribution in [0.1, 0.15) is 19.4 Å². The zero-order valence-corrected chi connectivity index (χ0v) is 16.9. The predicted octanol–water partition coefficient (Wildman–Crippen LogP) is 5.34. The number of nitrogens with zero attached hydrogens (tertiary/aromatic N) is 1. The van der Waals surface area contributed by atoms with E-state index in [0.717, 1.165) is 14.8 Å². The van der Waals surface area contributed by atoms with Crippen LogP contribution in [0.15, 0.2) is 40.9 Å². The van der Waals surface area contributed by atoms with E-state index in [-0.39, 0.29) is 12.4 Å². The van der Waals surface area contributed by atoms with Crippen LogP contribution in [0.25, 0.3) is 0 Å². The standard InChI is InChI=1S/C17H18BrFINO2/c1-11-8-12(20)4-7-16(11)21(23-17(2,3)10-22)13-5-6-14(18)15(19)9-13/h4-9,22H,10H2,1-3H3. The van der Waals surface area contributed by atoms with Gasteiger partial charge < -0.3 is 5.11 Å². The first kappa shape index (κ1) is 18.6. The van der Waals surface area contributed by atoms with Gasteiger partial charge in [-0.15, -0.1) is 0 Å². The van der Waals surface area contributed by atoms with Crippen LogP contribution in [0.5, 0.6) is 0 Å². The lowest BCUT2D eigenvalue weighted by molar-refractivity contribution is -0.0542. The predicted molar refractivity (Wildman–Crippen MR) is 102 cm³/mol. The van der Waals surface area contributed by atoms with Gasteiger partial charge in [0.25, 0.3) is 0 Å². The van der Waals surface area contributed by atoms with Gasteiger partial charge in [-0.25, -0.2) is 9.45 Å². The molecule has 0 atom stereocenters. The largest absolute Gasteiger partial charge is 0.393 e. The molecule has 3 nitrogen and oxygen atoms in total. The molecule has 0 unspecified atom stereocenters. The molecule has 2 aromatic rings. The van der Waals surface area contributed by atoms with Gasteiger partial charge >= 0.3 is 0 Å². The summed E-state index contributed by atoms with van der Waals surface area (Å²) in [6, 6.07) is 10.7. The lowest BCUT2D eigenvalue weighted by Gasteiger charge is -2.33. The molecule has 0 saturated heterocycles. The average molecular weight is 494 g/mol. The number of anilines is 2. The van der Waals surface area contributed by atoms with E-state index in [9.17, 15) is 9.50 Å². The number of rotatable bonds is 5. The minimum atomic E-state index is -0.807. The first-order chi connectivity index (χ1) is 10.7. The number of aliphatic hydroxyl groups is 1. The number of hydrogen-bond donors (Lipinski definition) is 1. The van der Waals surface area contributed by atoms with Crippen LogP contribution < -0.4 is 5.06 Å². The Balaban J connectivity index is 2.52. The van der Waals surface area contributed by atoms with Crippen molar-refractivity contribution in [3.8, 4) is 0 Å². The molecule has 1 N–H and O–H groups in total. The van der Waals surface area contributed by atoms with Gasteiger partial charge in [0.15, 0.2) is 0 Å². The number of hydrogen-bond acceptors (Lipinski definition) is 3. The maximum Gasteiger partial charge on any atom is 0.139 e. The lowest BCUT2D eigenvalue weighted by atomic mass is 10.1.